The van der Waals surface area contributed by atoms with E-state index in [-0.39, 0.29) is 0 Å². The molecular weight excluding hydrogens is 126 g/mol. The molecule has 0 saturated heterocycles. The predicted molar refractivity (Wildman–Crippen MR) is 40.7 cm³/mol. The Labute approximate surface area is 59.1 Å². The molecule has 0 saturated carbocycles. The first-order valence-electron chi connectivity index (χ1n) is 3.44. The highest BCUT2D eigenvalue weighted by atomic mass is 16.5. The van der Waals surface area contributed by atoms with Crippen LogP contribution in [0.1, 0.15) is 6.92 Å². The molecule has 2 bridgehead atoms. The van der Waals surface area contributed by atoms with Crippen molar-refractivity contribution >= 4 is 11.0 Å². The number of H-pyrrole nitrogens is 1. The molecule has 52 valence electrons. The molecule has 0 aliphatic carbocycles. The molecule has 0 spiro atoms. The summed E-state index contributed by atoms with van der Waals surface area (Å²) in [5.41, 5.74) is 2.23. The molecule has 0 amide bonds. The molecule has 2 heteroatoms. The zero-order chi connectivity index (χ0) is 6.97. The average Bonchev–Trinajstić information content (AvgIpc) is 2.48. The van der Waals surface area contributed by atoms with Crippen LogP contribution >= 0.6 is 0 Å². The Morgan fingerprint density at radius 2 is 2.40 bits per heavy atom. The summed E-state index contributed by atoms with van der Waals surface area (Å²) in [4.78, 5) is 3.17. The maximum atomic E-state index is 5.33. The third kappa shape index (κ3) is 0.652. The van der Waals surface area contributed by atoms with E-state index in [0.29, 0.717) is 0 Å². The lowest BCUT2D eigenvalue weighted by Gasteiger charge is -1.97. The molecule has 0 aliphatic heterocycles. The second-order valence-electron chi connectivity index (χ2n) is 2.27. The van der Waals surface area contributed by atoms with Gasteiger partial charge in [0.25, 0.3) is 0 Å². The number of hydrogen-bond acceptors (Lipinski definition) is 1. The van der Waals surface area contributed by atoms with Crippen molar-refractivity contribution in [3.63, 3.8) is 0 Å². The average molecular weight is 135 g/mol. The van der Waals surface area contributed by atoms with Crippen molar-refractivity contribution < 1.29 is 4.74 Å². The minimum absolute atomic E-state index is 0.734. The number of ether oxygens (including phenoxy) is 1. The Kier molecular flexibility index (Phi) is 1.07. The van der Waals surface area contributed by atoms with Crippen molar-refractivity contribution in [3.05, 3.63) is 18.2 Å². The van der Waals surface area contributed by atoms with Crippen molar-refractivity contribution in [3.8, 4) is 5.75 Å². The lowest BCUT2D eigenvalue weighted by atomic mass is 10.3. The molecule has 0 radical (unpaired) electrons. The Morgan fingerprint density at radius 3 is 2.90 bits per heavy atom. The molecule has 2 nitrogen and oxygen atoms in total. The van der Waals surface area contributed by atoms with Gasteiger partial charge in [-0.3, -0.25) is 0 Å². The van der Waals surface area contributed by atoms with Crippen LogP contribution in [0.4, 0.5) is 0 Å². The first-order chi connectivity index (χ1) is 4.90. The first kappa shape index (κ1) is 5.59. The highest BCUT2D eigenvalue weighted by Gasteiger charge is 2.02. The molecule has 2 aromatic heterocycles. The van der Waals surface area contributed by atoms with Crippen LogP contribution in [0.2, 0.25) is 0 Å². The summed E-state index contributed by atoms with van der Waals surface area (Å²) < 4.78 is 5.33. The Hall–Kier alpha value is -1.18. The van der Waals surface area contributed by atoms with Crippen LogP contribution in [0, 0.1) is 0 Å². The quantitative estimate of drug-likeness (QED) is 0.669. The van der Waals surface area contributed by atoms with Crippen LogP contribution in [0.25, 0.3) is 11.0 Å². The predicted octanol–water partition coefficient (Wildman–Crippen LogP) is 2.00. The maximum absolute atomic E-state index is 5.33. The molecule has 10 heavy (non-hydrogen) atoms. The van der Waals surface area contributed by atoms with E-state index in [4.69, 9.17) is 4.74 Å². The number of fused-ring (bicyclic) bond motifs is 2. The monoisotopic (exact) mass is 135 g/mol. The van der Waals surface area contributed by atoms with Crippen LogP contribution in [0.5, 0.6) is 5.75 Å². The van der Waals surface area contributed by atoms with Crippen LogP contribution in [0.15, 0.2) is 18.2 Å². The van der Waals surface area contributed by atoms with Crippen molar-refractivity contribution in [1.29, 1.82) is 0 Å². The van der Waals surface area contributed by atoms with Gasteiger partial charge in [0.05, 0.1) is 12.1 Å². The Morgan fingerprint density at radius 1 is 1.50 bits per heavy atom. The second-order valence-corrected chi connectivity index (χ2v) is 2.27. The van der Waals surface area contributed by atoms with Gasteiger partial charge in [-0.2, -0.15) is 0 Å². The molecule has 0 aromatic carbocycles. The summed E-state index contributed by atoms with van der Waals surface area (Å²) in [7, 11) is 0. The van der Waals surface area contributed by atoms with Gasteiger partial charge < -0.3 is 9.72 Å². The highest BCUT2D eigenvalue weighted by Crippen LogP contribution is 2.24. The van der Waals surface area contributed by atoms with Gasteiger partial charge in [-0.05, 0) is 19.1 Å². The van der Waals surface area contributed by atoms with Gasteiger partial charge in [0.15, 0.2) is 0 Å². The van der Waals surface area contributed by atoms with Crippen LogP contribution in [0.3, 0.4) is 0 Å². The van der Waals surface area contributed by atoms with Crippen molar-refractivity contribution in [2.75, 3.05) is 6.61 Å². The first-order valence-corrected chi connectivity index (χ1v) is 3.44. The molecule has 2 rings (SSSR count). The normalized spacial score (nSPS) is 10.9. The summed E-state index contributed by atoms with van der Waals surface area (Å²) in [5, 5.41) is 0. The maximum Gasteiger partial charge on any atom is 0.144 e. The number of hydrogen-bond donors (Lipinski definition) is 1. The van der Waals surface area contributed by atoms with Crippen molar-refractivity contribution in [2.24, 2.45) is 0 Å². The van der Waals surface area contributed by atoms with Gasteiger partial charge in [-0.15, -0.1) is 0 Å². The largest absolute Gasteiger partial charge is 0.492 e. The van der Waals surface area contributed by atoms with Crippen molar-refractivity contribution in [1.82, 2.24) is 4.98 Å². The smallest absolute Gasteiger partial charge is 0.144 e. The molecule has 0 aliphatic rings. The second kappa shape index (κ2) is 1.90. The zero-order valence-electron chi connectivity index (χ0n) is 5.85. The van der Waals surface area contributed by atoms with Gasteiger partial charge >= 0.3 is 0 Å². The molecule has 0 unspecified atom stereocenters. The lowest BCUT2D eigenvalue weighted by Crippen LogP contribution is -1.89. The molecule has 0 atom stereocenters. The standard InChI is InChI=1S/C8H9NO/c1-2-10-8-5-6-3-4-7(8)9-6/h3-5,9H,2H2,1H3. The lowest BCUT2D eigenvalue weighted by molar-refractivity contribution is 0.344. The molecular formula is C8H9NO. The highest BCUT2D eigenvalue weighted by molar-refractivity contribution is 5.74. The van der Waals surface area contributed by atoms with E-state index in [1.54, 1.807) is 0 Å². The summed E-state index contributed by atoms with van der Waals surface area (Å²) in [6.45, 7) is 2.72. The van der Waals surface area contributed by atoms with Crippen LogP contribution < -0.4 is 4.74 Å². The van der Waals surface area contributed by atoms with Gasteiger partial charge in [0.1, 0.15) is 5.75 Å². The molecule has 1 N–H and O–H groups in total. The molecule has 0 fully saturated rings. The van der Waals surface area contributed by atoms with E-state index >= 15 is 0 Å². The van der Waals surface area contributed by atoms with Crippen molar-refractivity contribution in [2.45, 2.75) is 6.92 Å². The number of nitrogens with one attached hydrogen (secondary N) is 1. The number of rotatable bonds is 2. The Bertz CT molecular complexity index is 312. The molecule has 2 aromatic rings. The fraction of sp³-hybridized carbons (Fsp3) is 0.250. The van der Waals surface area contributed by atoms with E-state index in [9.17, 15) is 0 Å². The third-order valence-corrected chi connectivity index (χ3v) is 1.56. The fourth-order valence-corrected chi connectivity index (χ4v) is 1.13. The number of aromatic nitrogens is 1. The third-order valence-electron chi connectivity index (χ3n) is 1.56. The summed E-state index contributed by atoms with van der Waals surface area (Å²) in [5.74, 6) is 0.972. The van der Waals surface area contributed by atoms with E-state index in [2.05, 4.69) is 4.98 Å². The fourth-order valence-electron chi connectivity index (χ4n) is 1.13. The van der Waals surface area contributed by atoms with E-state index < -0.39 is 0 Å². The zero-order valence-corrected chi connectivity index (χ0v) is 5.85. The summed E-state index contributed by atoms with van der Waals surface area (Å²) in [6, 6.07) is 6.08. The van der Waals surface area contributed by atoms with E-state index in [0.717, 1.165) is 23.4 Å². The minimum Gasteiger partial charge on any atom is -0.492 e. The van der Waals surface area contributed by atoms with Gasteiger partial charge in [-0.25, -0.2) is 0 Å². The summed E-state index contributed by atoms with van der Waals surface area (Å²) in [6.07, 6.45) is 0. The van der Waals surface area contributed by atoms with Crippen LogP contribution in [-0.4, -0.2) is 11.6 Å². The number of aromatic amines is 1. The van der Waals surface area contributed by atoms with Gasteiger partial charge in [-0.1, -0.05) is 0 Å². The van der Waals surface area contributed by atoms with Gasteiger partial charge in [0.2, 0.25) is 0 Å². The summed E-state index contributed by atoms with van der Waals surface area (Å²) >= 11 is 0. The van der Waals surface area contributed by atoms with Crippen LogP contribution in [-0.2, 0) is 0 Å². The number of benzene rings is 1. The SMILES string of the molecule is CCOc1cc2ccc1[nH]2. The van der Waals surface area contributed by atoms with E-state index in [1.165, 1.54) is 0 Å². The molecule has 2 heterocycles. The Balaban J connectivity index is 2.43. The topological polar surface area (TPSA) is 25.0 Å². The minimum atomic E-state index is 0.734. The van der Waals surface area contributed by atoms with Gasteiger partial charge in [0, 0.05) is 11.6 Å². The van der Waals surface area contributed by atoms with E-state index in [1.807, 2.05) is 25.1 Å².